The quantitative estimate of drug-likeness (QED) is 0.864. The lowest BCUT2D eigenvalue weighted by atomic mass is 9.88. The largest absolute Gasteiger partial charge is 0.315 e. The van der Waals surface area contributed by atoms with Crippen molar-refractivity contribution in [3.05, 3.63) is 29.8 Å². The van der Waals surface area contributed by atoms with Crippen LogP contribution in [0.2, 0.25) is 0 Å². The Kier molecular flexibility index (Phi) is 2.86. The Morgan fingerprint density at radius 3 is 2.83 bits per heavy atom. The maximum atomic E-state index is 12.5. The summed E-state index contributed by atoms with van der Waals surface area (Å²) in [5.41, 5.74) is 2.20. The fraction of sp³-hybridized carbons (Fsp3) is 0.533. The third kappa shape index (κ3) is 1.93. The number of carbonyl (C=O) groups excluding carboxylic acids is 1. The Morgan fingerprint density at radius 1 is 1.39 bits per heavy atom. The lowest BCUT2D eigenvalue weighted by Gasteiger charge is -2.26. The van der Waals surface area contributed by atoms with Crippen molar-refractivity contribution in [1.82, 2.24) is 5.32 Å². The minimum absolute atomic E-state index is 0.175. The zero-order valence-electron chi connectivity index (χ0n) is 11.0. The van der Waals surface area contributed by atoms with E-state index in [4.69, 9.17) is 0 Å². The molecule has 1 aromatic carbocycles. The smallest absolute Gasteiger partial charge is 0.231 e. The molecule has 3 nitrogen and oxygen atoms in total. The monoisotopic (exact) mass is 244 g/mol. The average molecular weight is 244 g/mol. The van der Waals surface area contributed by atoms with Crippen LogP contribution in [0.3, 0.4) is 0 Å². The Morgan fingerprint density at radius 2 is 2.22 bits per heavy atom. The highest BCUT2D eigenvalue weighted by atomic mass is 16.2. The fourth-order valence-corrected chi connectivity index (χ4v) is 3.31. The van der Waals surface area contributed by atoms with Gasteiger partial charge in [0, 0.05) is 24.8 Å². The maximum Gasteiger partial charge on any atom is 0.231 e. The number of anilines is 1. The van der Waals surface area contributed by atoms with Crippen LogP contribution in [-0.2, 0) is 4.79 Å². The number of hydrogen-bond donors (Lipinski definition) is 1. The summed E-state index contributed by atoms with van der Waals surface area (Å²) in [4.78, 5) is 14.4. The van der Waals surface area contributed by atoms with Gasteiger partial charge in [0.25, 0.3) is 0 Å². The third-order valence-electron chi connectivity index (χ3n) is 4.34. The van der Waals surface area contributed by atoms with Crippen LogP contribution in [0.5, 0.6) is 0 Å². The molecule has 2 heterocycles. The van der Waals surface area contributed by atoms with Gasteiger partial charge in [-0.25, -0.2) is 0 Å². The van der Waals surface area contributed by atoms with E-state index in [0.29, 0.717) is 12.1 Å². The minimum atomic E-state index is 0.175. The average Bonchev–Trinajstić information content (AvgIpc) is 2.99. The van der Waals surface area contributed by atoms with Crippen LogP contribution >= 0.6 is 0 Å². The molecule has 2 bridgehead atoms. The van der Waals surface area contributed by atoms with Crippen molar-refractivity contribution >= 4 is 11.6 Å². The van der Waals surface area contributed by atoms with Crippen LogP contribution < -0.4 is 10.2 Å². The summed E-state index contributed by atoms with van der Waals surface area (Å²) in [6.45, 7) is 2.06. The first kappa shape index (κ1) is 11.7. The third-order valence-corrected chi connectivity index (χ3v) is 4.34. The molecule has 2 fully saturated rings. The number of carbonyl (C=O) groups is 1. The molecule has 1 amide bonds. The van der Waals surface area contributed by atoms with Crippen LogP contribution in [-0.4, -0.2) is 25.0 Å². The van der Waals surface area contributed by atoms with E-state index in [0.717, 1.165) is 18.5 Å². The molecule has 0 spiro atoms. The number of nitrogens with one attached hydrogen (secondary N) is 1. The minimum Gasteiger partial charge on any atom is -0.315 e. The summed E-state index contributed by atoms with van der Waals surface area (Å²) < 4.78 is 0. The van der Waals surface area contributed by atoms with Gasteiger partial charge in [0.1, 0.15) is 0 Å². The SMILES string of the molecule is Cc1cccc(N(C)C(=O)C2CC3CCC2N3)c1. The van der Waals surface area contributed by atoms with Crippen LogP contribution in [0.25, 0.3) is 0 Å². The number of fused-ring (bicyclic) bond motifs is 2. The van der Waals surface area contributed by atoms with E-state index in [1.54, 1.807) is 0 Å². The van der Waals surface area contributed by atoms with Gasteiger partial charge in [-0.1, -0.05) is 12.1 Å². The number of aryl methyl sites for hydroxylation is 1. The number of benzene rings is 1. The Bertz CT molecular complexity index is 471. The predicted octanol–water partition coefficient (Wildman–Crippen LogP) is 2.10. The lowest BCUT2D eigenvalue weighted by Crippen LogP contribution is -2.38. The van der Waals surface area contributed by atoms with Gasteiger partial charge in [-0.15, -0.1) is 0 Å². The maximum absolute atomic E-state index is 12.5. The summed E-state index contributed by atoms with van der Waals surface area (Å²) in [6.07, 6.45) is 3.41. The molecule has 18 heavy (non-hydrogen) atoms. The first-order valence-electron chi connectivity index (χ1n) is 6.75. The van der Waals surface area contributed by atoms with E-state index in [-0.39, 0.29) is 11.8 Å². The summed E-state index contributed by atoms with van der Waals surface area (Å²) in [6, 6.07) is 9.13. The van der Waals surface area contributed by atoms with Gasteiger partial charge in [-0.3, -0.25) is 4.79 Å². The fourth-order valence-electron chi connectivity index (χ4n) is 3.31. The van der Waals surface area contributed by atoms with Gasteiger partial charge in [-0.05, 0) is 43.9 Å². The van der Waals surface area contributed by atoms with Crippen LogP contribution in [0, 0.1) is 12.8 Å². The van der Waals surface area contributed by atoms with E-state index < -0.39 is 0 Å². The topological polar surface area (TPSA) is 32.3 Å². The molecule has 3 rings (SSSR count). The van der Waals surface area contributed by atoms with Crippen molar-refractivity contribution in [2.75, 3.05) is 11.9 Å². The van der Waals surface area contributed by atoms with Gasteiger partial charge < -0.3 is 10.2 Å². The highest BCUT2D eigenvalue weighted by molar-refractivity contribution is 5.95. The molecule has 0 saturated carbocycles. The number of amides is 1. The van der Waals surface area contributed by atoms with E-state index in [2.05, 4.69) is 24.4 Å². The van der Waals surface area contributed by atoms with Gasteiger partial charge in [-0.2, -0.15) is 0 Å². The number of rotatable bonds is 2. The second-order valence-electron chi connectivity index (χ2n) is 5.63. The molecule has 2 saturated heterocycles. The molecule has 3 heteroatoms. The summed E-state index contributed by atoms with van der Waals surface area (Å²) >= 11 is 0. The van der Waals surface area contributed by atoms with E-state index >= 15 is 0 Å². The Labute approximate surface area is 108 Å². The number of nitrogens with zero attached hydrogens (tertiary/aromatic N) is 1. The Balaban J connectivity index is 1.76. The van der Waals surface area contributed by atoms with E-state index in [1.807, 2.05) is 24.1 Å². The predicted molar refractivity (Wildman–Crippen MR) is 72.6 cm³/mol. The van der Waals surface area contributed by atoms with Crippen LogP contribution in [0.1, 0.15) is 24.8 Å². The molecule has 0 aromatic heterocycles. The van der Waals surface area contributed by atoms with Crippen LogP contribution in [0.4, 0.5) is 5.69 Å². The van der Waals surface area contributed by atoms with Gasteiger partial charge >= 0.3 is 0 Å². The zero-order chi connectivity index (χ0) is 12.7. The van der Waals surface area contributed by atoms with Gasteiger partial charge in [0.05, 0.1) is 5.92 Å². The molecule has 96 valence electrons. The molecule has 0 aliphatic carbocycles. The van der Waals surface area contributed by atoms with Gasteiger partial charge in [0.15, 0.2) is 0 Å². The first-order chi connectivity index (χ1) is 8.65. The summed E-state index contributed by atoms with van der Waals surface area (Å²) in [5, 5.41) is 3.53. The van der Waals surface area contributed by atoms with Crippen LogP contribution in [0.15, 0.2) is 24.3 Å². The standard InChI is InChI=1S/C15H20N2O/c1-10-4-3-5-12(8-10)17(2)15(18)13-9-11-6-7-14(13)16-11/h3-5,8,11,13-14,16H,6-7,9H2,1-2H3. The lowest BCUT2D eigenvalue weighted by molar-refractivity contribution is -0.122. The molecule has 2 aliphatic heterocycles. The Hall–Kier alpha value is -1.35. The van der Waals surface area contributed by atoms with E-state index in [1.165, 1.54) is 12.0 Å². The molecule has 2 aliphatic rings. The van der Waals surface area contributed by atoms with Crippen molar-refractivity contribution in [2.24, 2.45) is 5.92 Å². The zero-order valence-corrected chi connectivity index (χ0v) is 11.0. The van der Waals surface area contributed by atoms with Crippen molar-refractivity contribution in [3.63, 3.8) is 0 Å². The highest BCUT2D eigenvalue weighted by Crippen LogP contribution is 2.34. The molecule has 1 N–H and O–H groups in total. The molecular formula is C15H20N2O. The van der Waals surface area contributed by atoms with Crippen molar-refractivity contribution < 1.29 is 4.79 Å². The van der Waals surface area contributed by atoms with Crippen molar-refractivity contribution in [3.8, 4) is 0 Å². The normalized spacial score (nSPS) is 29.6. The van der Waals surface area contributed by atoms with E-state index in [9.17, 15) is 4.79 Å². The summed E-state index contributed by atoms with van der Waals surface area (Å²) in [5.74, 6) is 0.439. The molecule has 1 aromatic rings. The summed E-state index contributed by atoms with van der Waals surface area (Å²) in [7, 11) is 1.89. The second-order valence-corrected chi connectivity index (χ2v) is 5.63. The van der Waals surface area contributed by atoms with Crippen molar-refractivity contribution in [1.29, 1.82) is 0 Å². The second kappa shape index (κ2) is 4.39. The van der Waals surface area contributed by atoms with Gasteiger partial charge in [0.2, 0.25) is 5.91 Å². The van der Waals surface area contributed by atoms with Crippen molar-refractivity contribution in [2.45, 2.75) is 38.3 Å². The number of hydrogen-bond acceptors (Lipinski definition) is 2. The molecular weight excluding hydrogens is 224 g/mol. The highest BCUT2D eigenvalue weighted by Gasteiger charge is 2.43. The first-order valence-corrected chi connectivity index (χ1v) is 6.75. The molecule has 3 unspecified atom stereocenters. The molecule has 3 atom stereocenters. The molecule has 0 radical (unpaired) electrons.